The Kier molecular flexibility index (Phi) is 88.5. The molecule has 110 heavy (non-hydrogen) atoms. The number of benzene rings is 6. The molecule has 0 bridgehead atoms. The Labute approximate surface area is 663 Å². The fourth-order valence-corrected chi connectivity index (χ4v) is 7.45. The number of aliphatic imine (C=N–C) groups is 2. The average Bonchev–Trinajstić information content (AvgIpc) is 0.806. The van der Waals surface area contributed by atoms with Crippen LogP contribution in [0.1, 0.15) is 203 Å². The second kappa shape index (κ2) is 83.2. The number of nitrogens with two attached hydrogens (primary N) is 2. The largest absolute Gasteiger partial charge is 0.512 e. The van der Waals surface area contributed by atoms with Crippen molar-refractivity contribution in [1.29, 1.82) is 10.7 Å². The maximum absolute atomic E-state index is 12.3. The number of primary amides is 1. The number of anilines is 3. The Balaban J connectivity index is -0.000000153. The summed E-state index contributed by atoms with van der Waals surface area (Å²) in [5.41, 5.74) is 14.3. The highest BCUT2D eigenvalue weighted by atomic mass is 16.3. The number of amidine groups is 1. The molecule has 0 aliphatic carbocycles. The van der Waals surface area contributed by atoms with Crippen LogP contribution in [0.15, 0.2) is 231 Å². The second-order valence-electron chi connectivity index (χ2n) is 19.0. The van der Waals surface area contributed by atoms with Crippen molar-refractivity contribution in [3.63, 3.8) is 0 Å². The van der Waals surface area contributed by atoms with Crippen LogP contribution in [0.4, 0.5) is 22.9 Å². The van der Waals surface area contributed by atoms with Gasteiger partial charge in [-0.3, -0.25) is 53.3 Å². The third-order valence-corrected chi connectivity index (χ3v) is 11.3. The minimum Gasteiger partial charge on any atom is -0.512 e. The Morgan fingerprint density at radius 3 is 1.19 bits per heavy atom. The monoisotopic (exact) mass is 1520 g/mol. The van der Waals surface area contributed by atoms with Gasteiger partial charge in [-0.15, -0.1) is 0 Å². The Morgan fingerprint density at radius 2 is 0.836 bits per heavy atom. The lowest BCUT2D eigenvalue weighted by Crippen LogP contribution is -2.38. The van der Waals surface area contributed by atoms with Gasteiger partial charge in [-0.2, -0.15) is 5.26 Å². The fourth-order valence-electron chi connectivity index (χ4n) is 7.45. The van der Waals surface area contributed by atoms with Gasteiger partial charge in [0.25, 0.3) is 5.56 Å². The number of hydrogen-bond donors (Lipinski definition) is 4. The number of ketones is 3. The van der Waals surface area contributed by atoms with Crippen LogP contribution < -0.4 is 32.5 Å². The first kappa shape index (κ1) is 117. The lowest BCUT2D eigenvalue weighted by molar-refractivity contribution is -0.127. The number of carbonyl (C=O) groups excluding carboxylic acids is 6. The molecule has 6 N–H and O–H groups in total. The van der Waals surface area contributed by atoms with E-state index in [0.717, 1.165) is 21.4 Å². The average molecular weight is 1520 g/mol. The number of allylic oxidation sites excluding steroid dienone is 1. The van der Waals surface area contributed by atoms with E-state index in [1.807, 2.05) is 340 Å². The molecule has 0 radical (unpaired) electrons. The third kappa shape index (κ3) is 56.0. The van der Waals surface area contributed by atoms with Gasteiger partial charge in [0.1, 0.15) is 29.0 Å². The molecule has 0 atom stereocenters. The van der Waals surface area contributed by atoms with E-state index in [2.05, 4.69) is 9.98 Å². The van der Waals surface area contributed by atoms with Crippen molar-refractivity contribution in [1.82, 2.24) is 18.9 Å². The summed E-state index contributed by atoms with van der Waals surface area (Å²) in [4.78, 5) is 107. The van der Waals surface area contributed by atoms with Crippen molar-refractivity contribution < 1.29 is 33.9 Å². The predicted molar refractivity (Wildman–Crippen MR) is 471 cm³/mol. The van der Waals surface area contributed by atoms with Crippen molar-refractivity contribution in [3.05, 3.63) is 244 Å². The molecule has 6 aromatic carbocycles. The van der Waals surface area contributed by atoms with E-state index in [1.165, 1.54) is 39.6 Å². The number of carbonyl (C=O) groups is 6. The number of para-hydroxylation sites is 4. The smallest absolute Gasteiger partial charge is 0.337 e. The van der Waals surface area contributed by atoms with Crippen LogP contribution in [-0.4, -0.2) is 106 Å². The Bertz CT molecular complexity index is 3680. The maximum Gasteiger partial charge on any atom is 0.337 e. The molecule has 0 saturated carbocycles. The van der Waals surface area contributed by atoms with Gasteiger partial charge in [-0.05, 0) is 59.7 Å². The van der Waals surface area contributed by atoms with Crippen molar-refractivity contribution in [2.75, 3.05) is 43.7 Å². The van der Waals surface area contributed by atoms with E-state index in [4.69, 9.17) is 22.1 Å². The molecule has 21 nitrogen and oxygen atoms in total. The normalized spacial score (nSPS) is 10.3. The number of nitrogens with zero attached hydrogens (tertiary/aromatic N) is 9. The predicted octanol–water partition coefficient (Wildman–Crippen LogP) is 20.0. The van der Waals surface area contributed by atoms with Crippen LogP contribution >= 0.6 is 0 Å². The number of nitrogens with one attached hydrogen (secondary N) is 1. The van der Waals surface area contributed by atoms with Gasteiger partial charge in [-0.1, -0.05) is 300 Å². The zero-order valence-electron chi connectivity index (χ0n) is 72.3. The van der Waals surface area contributed by atoms with Crippen molar-refractivity contribution >= 4 is 76.5 Å². The molecule has 9 rings (SSSR count). The summed E-state index contributed by atoms with van der Waals surface area (Å²) in [5, 5.41) is 25.1. The summed E-state index contributed by atoms with van der Waals surface area (Å²) in [6.07, 6.45) is 5.92. The third-order valence-electron chi connectivity index (χ3n) is 11.3. The van der Waals surface area contributed by atoms with Gasteiger partial charge in [-0.25, -0.2) is 19.3 Å². The number of Topliss-reactive ketones (excluding diaryl/α,β-unsaturated/α-hetero) is 2. The maximum atomic E-state index is 12.3. The van der Waals surface area contributed by atoms with Crippen LogP contribution in [-0.2, 0) is 48.7 Å². The molecular weight excluding hydrogens is 1380 g/mol. The number of nitriles is 1. The molecule has 3 amide bonds. The van der Waals surface area contributed by atoms with E-state index in [1.54, 1.807) is 64.9 Å². The number of hydrogen-bond acceptors (Lipinski definition) is 14. The van der Waals surface area contributed by atoms with E-state index in [0.29, 0.717) is 35.1 Å². The summed E-state index contributed by atoms with van der Waals surface area (Å²) in [7, 11) is 8.72. The first-order valence-electron chi connectivity index (χ1n) is 38.5. The minimum atomic E-state index is -0.422. The molecule has 1 aromatic heterocycles. The van der Waals surface area contributed by atoms with Crippen LogP contribution in [0.5, 0.6) is 0 Å². The zero-order chi connectivity index (χ0) is 87.0. The number of aliphatic hydroxyl groups excluding tert-OH is 1. The molecule has 2 aliphatic rings. The quantitative estimate of drug-likeness (QED) is 0.0341. The summed E-state index contributed by atoms with van der Waals surface area (Å²) in [6, 6.07) is 58.5. The summed E-state index contributed by atoms with van der Waals surface area (Å²) >= 11 is 0. The SMILES string of the molecule is CC.CC.CC.CC.CC.CC.CC.CC.CC.CC.CC.CC.CN(C)C=NC1=CC(=O)CC(=O)N1c1ccccc1.CN(C)C=Nc1cc(=O)n(C)c(=O)n1-c1ccccc1.N#CCC(=O)CC(=O)Cc1ccccc1.N=C1C=C(O)CC(=O)N1c1ccccc1.NC(=O)Cc1ccccc1.Nc1ccccc1. The lowest BCUT2D eigenvalue weighted by Gasteiger charge is -2.25. The van der Waals surface area contributed by atoms with Crippen LogP contribution in [0, 0.1) is 16.7 Å². The summed E-state index contributed by atoms with van der Waals surface area (Å²) in [6.45, 7) is 48.0. The van der Waals surface area contributed by atoms with Gasteiger partial charge in [0, 0.05) is 65.6 Å². The first-order chi connectivity index (χ1) is 53.2. The van der Waals surface area contributed by atoms with Gasteiger partial charge < -0.3 is 26.4 Å². The number of aromatic nitrogens is 2. The Morgan fingerprint density at radius 1 is 0.491 bits per heavy atom. The van der Waals surface area contributed by atoms with Crippen LogP contribution in [0.3, 0.4) is 0 Å². The highest BCUT2D eigenvalue weighted by molar-refractivity contribution is 6.22. The molecule has 0 unspecified atom stereocenters. The molecule has 0 fully saturated rings. The number of rotatable bonds is 14. The highest BCUT2D eigenvalue weighted by Gasteiger charge is 2.27. The topological polar surface area (TPSA) is 304 Å². The van der Waals surface area contributed by atoms with Gasteiger partial charge in [0.05, 0.1) is 67.9 Å². The van der Waals surface area contributed by atoms with Crippen LogP contribution in [0.2, 0.25) is 0 Å². The highest BCUT2D eigenvalue weighted by Crippen LogP contribution is 2.25. The van der Waals surface area contributed by atoms with Crippen molar-refractivity contribution in [2.24, 2.45) is 22.8 Å². The van der Waals surface area contributed by atoms with E-state index >= 15 is 0 Å². The zero-order valence-corrected chi connectivity index (χ0v) is 72.3. The molecular formula is C89H140N12O9. The second-order valence-corrected chi connectivity index (χ2v) is 19.0. The van der Waals surface area contributed by atoms with Crippen molar-refractivity contribution in [3.8, 4) is 11.8 Å². The molecule has 2 aliphatic heterocycles. The molecule has 3 heterocycles. The number of aliphatic hydroxyl groups is 1. The van der Waals surface area contributed by atoms with Crippen LogP contribution in [0.25, 0.3) is 5.69 Å². The fraction of sp³-hybridized carbons (Fsp3) is 0.393. The molecule has 21 heteroatoms. The van der Waals surface area contributed by atoms with E-state index < -0.39 is 5.69 Å². The summed E-state index contributed by atoms with van der Waals surface area (Å²) in [5.74, 6) is -0.906. The standard InChI is InChI=1S/C14H16N4O2.C14H15N3O2.C12H11NO2.C11H10N2O2.C8H9NO.C6H7N.12C2H6/c1-16(2)10-15-12-9-13(19)17(3)14(20)18(12)11-7-5-4-6-8-11;1-16(2)10-15-13-8-12(18)9-14(19)17(13)11-6-4-3-5-7-11;13-7-6-11(14)9-12(15)8-10-4-2-1-3-5-10;12-10-6-9(14)7-11(15)13(10)8-4-2-1-3-5-8;9-8(10)6-7-4-2-1-3-5-7;7-6-4-2-1-3-5-6;12*1-2/h4-10H,1-3H3;3-8,10H,9H2,1-2H3;1-5H,6,8-9H2;1-6,12,14H,7H2;1-5H,6H2,(H2,9,10);1-5H,7H2;12*1-2H3. The first-order valence-corrected chi connectivity index (χ1v) is 38.5. The van der Waals surface area contributed by atoms with Gasteiger partial charge >= 0.3 is 5.69 Å². The lowest BCUT2D eigenvalue weighted by atomic mass is 10.0. The molecule has 7 aromatic rings. The van der Waals surface area contributed by atoms with Gasteiger partial charge in [0.2, 0.25) is 17.7 Å². The van der Waals surface area contributed by atoms with Crippen molar-refractivity contribution in [2.45, 2.75) is 205 Å². The molecule has 610 valence electrons. The number of nitrogen functional groups attached to an aromatic ring is 1. The molecule has 0 spiro atoms. The Hall–Kier alpha value is -11.4. The number of amides is 3. The van der Waals surface area contributed by atoms with Gasteiger partial charge in [0.15, 0.2) is 11.6 Å². The minimum absolute atomic E-state index is 0.00468. The van der Waals surface area contributed by atoms with E-state index in [-0.39, 0.29) is 84.3 Å². The molecule has 0 saturated heterocycles. The summed E-state index contributed by atoms with van der Waals surface area (Å²) < 4.78 is 2.46. The van der Waals surface area contributed by atoms with E-state index in [9.17, 15) is 43.5 Å².